The topological polar surface area (TPSA) is 94.5 Å². The molecule has 4 N–H and O–H groups in total. The molecule has 0 bridgehead atoms. The first-order valence-electron chi connectivity index (χ1n) is 5.52. The number of nitrogen functional groups attached to an aromatic ring is 1. The lowest BCUT2D eigenvalue weighted by atomic mass is 10.2. The van der Waals surface area contributed by atoms with Crippen LogP contribution in [0.3, 0.4) is 0 Å². The maximum Gasteiger partial charge on any atom is 0.236 e. The predicted molar refractivity (Wildman–Crippen MR) is 63.0 cm³/mol. The van der Waals surface area contributed by atoms with Crippen molar-refractivity contribution in [3.63, 3.8) is 0 Å². The van der Waals surface area contributed by atoms with Crippen molar-refractivity contribution in [3.05, 3.63) is 23.9 Å². The predicted octanol–water partition coefficient (Wildman–Crippen LogP) is -0.478. The number of hydrogen-bond donors (Lipinski definition) is 2. The second kappa shape index (κ2) is 5.11. The Hall–Kier alpha value is -1.66. The average Bonchev–Trinajstić information content (AvgIpc) is 2.38. The van der Waals surface area contributed by atoms with Crippen molar-refractivity contribution in [1.82, 2.24) is 9.88 Å². The molecule has 1 aliphatic rings. The van der Waals surface area contributed by atoms with E-state index in [0.29, 0.717) is 25.5 Å². The molecule has 1 saturated heterocycles. The number of nitrogens with zero attached hydrogens (tertiary/aromatic N) is 2. The zero-order chi connectivity index (χ0) is 12.3. The van der Waals surface area contributed by atoms with Gasteiger partial charge in [0.1, 0.15) is 11.9 Å². The lowest BCUT2D eigenvalue weighted by Gasteiger charge is -2.32. The zero-order valence-corrected chi connectivity index (χ0v) is 9.50. The van der Waals surface area contributed by atoms with E-state index in [1.54, 1.807) is 11.0 Å². The number of carbonyl (C=O) groups is 1. The first kappa shape index (κ1) is 11.8. The highest BCUT2D eigenvalue weighted by molar-refractivity contribution is 5.78. The van der Waals surface area contributed by atoms with Crippen LogP contribution in [0.15, 0.2) is 18.2 Å². The normalized spacial score (nSPS) is 20.3. The van der Waals surface area contributed by atoms with E-state index >= 15 is 0 Å². The first-order chi connectivity index (χ1) is 8.20. The fraction of sp³-hybridized carbons (Fsp3) is 0.455. The van der Waals surface area contributed by atoms with Crippen LogP contribution in [0.5, 0.6) is 0 Å². The van der Waals surface area contributed by atoms with Gasteiger partial charge in [0, 0.05) is 6.54 Å². The molecule has 0 aromatic carbocycles. The summed E-state index contributed by atoms with van der Waals surface area (Å²) in [5.41, 5.74) is 11.7. The number of hydrogen-bond acceptors (Lipinski definition) is 5. The largest absolute Gasteiger partial charge is 0.384 e. The highest BCUT2D eigenvalue weighted by Crippen LogP contribution is 2.21. The molecule has 0 radical (unpaired) electrons. The minimum atomic E-state index is -0.220. The van der Waals surface area contributed by atoms with Gasteiger partial charge in [0.25, 0.3) is 0 Å². The Labute approximate surface area is 99.5 Å². The summed E-state index contributed by atoms with van der Waals surface area (Å²) in [6.07, 6.45) is -0.220. The summed E-state index contributed by atoms with van der Waals surface area (Å²) >= 11 is 0. The highest BCUT2D eigenvalue weighted by atomic mass is 16.5. The summed E-state index contributed by atoms with van der Waals surface area (Å²) in [5.74, 6) is 0.385. The van der Waals surface area contributed by atoms with Crippen molar-refractivity contribution >= 4 is 11.7 Å². The van der Waals surface area contributed by atoms with Gasteiger partial charge in [-0.1, -0.05) is 6.07 Å². The SMILES string of the molecule is NCC(=O)N1CCO[C@H](c2cccc(N)n2)C1. The van der Waals surface area contributed by atoms with Gasteiger partial charge in [-0.15, -0.1) is 0 Å². The molecule has 2 heterocycles. The quantitative estimate of drug-likeness (QED) is 0.723. The summed E-state index contributed by atoms with van der Waals surface area (Å²) in [6, 6.07) is 5.39. The molecule has 1 fully saturated rings. The molecule has 1 aliphatic heterocycles. The fourth-order valence-corrected chi connectivity index (χ4v) is 1.83. The lowest BCUT2D eigenvalue weighted by Crippen LogP contribution is -2.45. The van der Waals surface area contributed by atoms with Gasteiger partial charge >= 0.3 is 0 Å². The molecule has 0 spiro atoms. The van der Waals surface area contributed by atoms with Crippen LogP contribution in [0.1, 0.15) is 11.8 Å². The Kier molecular flexibility index (Phi) is 3.55. The molecule has 17 heavy (non-hydrogen) atoms. The number of anilines is 1. The standard InChI is InChI=1S/C11H16N4O2/c12-6-11(16)15-4-5-17-9(7-15)8-2-1-3-10(13)14-8/h1-3,9H,4-7,12H2,(H2,13,14)/t9-/m0/s1. The molecule has 92 valence electrons. The van der Waals surface area contributed by atoms with Crippen molar-refractivity contribution in [2.45, 2.75) is 6.10 Å². The first-order valence-corrected chi connectivity index (χ1v) is 5.52. The van der Waals surface area contributed by atoms with Crippen molar-refractivity contribution in [2.24, 2.45) is 5.73 Å². The molecule has 6 heteroatoms. The minimum Gasteiger partial charge on any atom is -0.384 e. The molecule has 1 aromatic rings. The highest BCUT2D eigenvalue weighted by Gasteiger charge is 2.25. The van der Waals surface area contributed by atoms with E-state index in [9.17, 15) is 4.79 Å². The van der Waals surface area contributed by atoms with Crippen LogP contribution in [-0.4, -0.2) is 42.0 Å². The number of aromatic nitrogens is 1. The van der Waals surface area contributed by atoms with Gasteiger partial charge in [-0.2, -0.15) is 0 Å². The van der Waals surface area contributed by atoms with E-state index < -0.39 is 0 Å². The minimum absolute atomic E-state index is 0.0249. The Bertz CT molecular complexity index is 410. The second-order valence-corrected chi connectivity index (χ2v) is 3.89. The van der Waals surface area contributed by atoms with Gasteiger partial charge < -0.3 is 21.1 Å². The molecule has 2 rings (SSSR count). The van der Waals surface area contributed by atoms with Crippen LogP contribution in [-0.2, 0) is 9.53 Å². The molecular formula is C11H16N4O2. The molecule has 1 atom stereocenters. The maximum absolute atomic E-state index is 11.5. The fourth-order valence-electron chi connectivity index (χ4n) is 1.83. The lowest BCUT2D eigenvalue weighted by molar-refractivity contribution is -0.137. The number of morpholine rings is 1. The summed E-state index contributed by atoms with van der Waals surface area (Å²) < 4.78 is 5.59. The van der Waals surface area contributed by atoms with Crippen molar-refractivity contribution in [3.8, 4) is 0 Å². The number of pyridine rings is 1. The summed E-state index contributed by atoms with van der Waals surface area (Å²) in [7, 11) is 0. The van der Waals surface area contributed by atoms with Crippen LogP contribution in [0.25, 0.3) is 0 Å². The molecule has 0 unspecified atom stereocenters. The molecule has 6 nitrogen and oxygen atoms in total. The van der Waals surface area contributed by atoms with Crippen LogP contribution >= 0.6 is 0 Å². The van der Waals surface area contributed by atoms with Gasteiger partial charge in [0.2, 0.25) is 5.91 Å². The molecule has 0 aliphatic carbocycles. The van der Waals surface area contributed by atoms with Gasteiger partial charge in [0.05, 0.1) is 25.4 Å². The summed E-state index contributed by atoms with van der Waals surface area (Å²) in [6.45, 7) is 1.57. The van der Waals surface area contributed by atoms with Gasteiger partial charge in [0.15, 0.2) is 0 Å². The Morgan fingerprint density at radius 3 is 3.12 bits per heavy atom. The number of rotatable bonds is 2. The second-order valence-electron chi connectivity index (χ2n) is 3.89. The number of ether oxygens (including phenoxy) is 1. The summed E-state index contributed by atoms with van der Waals surface area (Å²) in [5, 5.41) is 0. The van der Waals surface area contributed by atoms with Crippen LogP contribution in [0.2, 0.25) is 0 Å². The van der Waals surface area contributed by atoms with Crippen molar-refractivity contribution in [1.29, 1.82) is 0 Å². The molecular weight excluding hydrogens is 220 g/mol. The summed E-state index contributed by atoms with van der Waals surface area (Å²) in [4.78, 5) is 17.4. The van der Waals surface area contributed by atoms with Crippen LogP contribution < -0.4 is 11.5 Å². The third kappa shape index (κ3) is 2.72. The number of carbonyl (C=O) groups excluding carboxylic acids is 1. The molecule has 1 aromatic heterocycles. The van der Waals surface area contributed by atoms with E-state index in [1.807, 2.05) is 12.1 Å². The van der Waals surface area contributed by atoms with Crippen molar-refractivity contribution < 1.29 is 9.53 Å². The maximum atomic E-state index is 11.5. The van der Waals surface area contributed by atoms with E-state index in [-0.39, 0.29) is 18.6 Å². The third-order valence-corrected chi connectivity index (χ3v) is 2.72. The van der Waals surface area contributed by atoms with E-state index in [4.69, 9.17) is 16.2 Å². The van der Waals surface area contributed by atoms with Gasteiger partial charge in [-0.3, -0.25) is 4.79 Å². The van der Waals surface area contributed by atoms with E-state index in [1.165, 1.54) is 0 Å². The smallest absolute Gasteiger partial charge is 0.236 e. The molecule has 1 amide bonds. The number of amides is 1. The Morgan fingerprint density at radius 1 is 1.59 bits per heavy atom. The third-order valence-electron chi connectivity index (χ3n) is 2.72. The van der Waals surface area contributed by atoms with Crippen molar-refractivity contribution in [2.75, 3.05) is 32.0 Å². The van der Waals surface area contributed by atoms with E-state index in [0.717, 1.165) is 5.69 Å². The van der Waals surface area contributed by atoms with Gasteiger partial charge in [-0.05, 0) is 12.1 Å². The van der Waals surface area contributed by atoms with Gasteiger partial charge in [-0.25, -0.2) is 4.98 Å². The van der Waals surface area contributed by atoms with E-state index in [2.05, 4.69) is 4.98 Å². The average molecular weight is 236 g/mol. The van der Waals surface area contributed by atoms with Crippen LogP contribution in [0, 0.1) is 0 Å². The zero-order valence-electron chi connectivity index (χ0n) is 9.50. The monoisotopic (exact) mass is 236 g/mol. The molecule has 0 saturated carbocycles. The Morgan fingerprint density at radius 2 is 2.41 bits per heavy atom. The number of nitrogens with two attached hydrogens (primary N) is 2. The van der Waals surface area contributed by atoms with Crippen LogP contribution in [0.4, 0.5) is 5.82 Å². The Balaban J connectivity index is 2.09.